The van der Waals surface area contributed by atoms with Gasteiger partial charge in [0, 0.05) is 18.0 Å². The topological polar surface area (TPSA) is 46.2 Å². The molecule has 1 rings (SSSR count). The minimum Gasteiger partial charge on any atom is -0.382 e. The Balaban J connectivity index is 2.80. The van der Waals surface area contributed by atoms with Crippen LogP contribution in [0.2, 0.25) is 0 Å². The Morgan fingerprint density at radius 2 is 1.89 bits per heavy atom. The van der Waals surface area contributed by atoms with E-state index in [4.69, 9.17) is 0 Å². The Bertz CT molecular complexity index is 497. The van der Waals surface area contributed by atoms with Crippen molar-refractivity contribution in [2.75, 3.05) is 11.6 Å². The SMILES string of the molecule is CCC(C)CC(CC)Nc1cccc(S(C)(=O)=O)c1. The molecule has 2 unspecified atom stereocenters. The van der Waals surface area contributed by atoms with Crippen LogP contribution in [0, 0.1) is 5.92 Å². The fourth-order valence-electron chi connectivity index (χ4n) is 2.03. The van der Waals surface area contributed by atoms with Crippen molar-refractivity contribution in [3.05, 3.63) is 24.3 Å². The Kier molecular flexibility index (Phi) is 5.85. The van der Waals surface area contributed by atoms with Gasteiger partial charge in [-0.25, -0.2) is 8.42 Å². The molecule has 0 heterocycles. The largest absolute Gasteiger partial charge is 0.382 e. The number of nitrogens with one attached hydrogen (secondary N) is 1. The molecule has 0 aliphatic heterocycles. The summed E-state index contributed by atoms with van der Waals surface area (Å²) in [7, 11) is -3.14. The van der Waals surface area contributed by atoms with Crippen LogP contribution < -0.4 is 5.32 Å². The third kappa shape index (κ3) is 5.23. The molecule has 0 spiro atoms. The molecule has 108 valence electrons. The van der Waals surface area contributed by atoms with Gasteiger partial charge in [-0.1, -0.05) is 33.3 Å². The van der Waals surface area contributed by atoms with Crippen LogP contribution in [0.1, 0.15) is 40.0 Å². The lowest BCUT2D eigenvalue weighted by molar-refractivity contribution is 0.462. The van der Waals surface area contributed by atoms with Crippen molar-refractivity contribution in [1.29, 1.82) is 0 Å². The first-order valence-electron chi connectivity index (χ1n) is 6.93. The van der Waals surface area contributed by atoms with Crippen LogP contribution in [0.25, 0.3) is 0 Å². The molecule has 4 heteroatoms. The summed E-state index contributed by atoms with van der Waals surface area (Å²) < 4.78 is 23.1. The average Bonchev–Trinajstić information content (AvgIpc) is 2.37. The van der Waals surface area contributed by atoms with Crippen LogP contribution >= 0.6 is 0 Å². The van der Waals surface area contributed by atoms with Crippen molar-refractivity contribution in [1.82, 2.24) is 0 Å². The van der Waals surface area contributed by atoms with Crippen LogP contribution in [0.4, 0.5) is 5.69 Å². The van der Waals surface area contributed by atoms with Gasteiger partial charge in [-0.2, -0.15) is 0 Å². The molecule has 1 N–H and O–H groups in total. The molecule has 0 aliphatic carbocycles. The molecule has 2 atom stereocenters. The minimum atomic E-state index is -3.14. The lowest BCUT2D eigenvalue weighted by Gasteiger charge is -2.21. The second kappa shape index (κ2) is 6.94. The van der Waals surface area contributed by atoms with Gasteiger partial charge < -0.3 is 5.32 Å². The molecule has 19 heavy (non-hydrogen) atoms. The van der Waals surface area contributed by atoms with Crippen LogP contribution in [0.15, 0.2) is 29.2 Å². The van der Waals surface area contributed by atoms with Gasteiger partial charge in [0.05, 0.1) is 4.90 Å². The van der Waals surface area contributed by atoms with E-state index in [1.165, 1.54) is 12.7 Å². The first kappa shape index (κ1) is 16.0. The number of benzene rings is 1. The summed E-state index contributed by atoms with van der Waals surface area (Å²) in [5.41, 5.74) is 0.887. The summed E-state index contributed by atoms with van der Waals surface area (Å²) in [4.78, 5) is 0.371. The van der Waals surface area contributed by atoms with Gasteiger partial charge in [0.1, 0.15) is 0 Å². The van der Waals surface area contributed by atoms with Gasteiger partial charge in [-0.05, 0) is 37.0 Å². The highest BCUT2D eigenvalue weighted by Gasteiger charge is 2.12. The number of sulfone groups is 1. The standard InChI is InChI=1S/C15H25NO2S/c1-5-12(3)10-13(6-2)16-14-8-7-9-15(11-14)19(4,17)18/h7-9,11-13,16H,5-6,10H2,1-4H3. The van der Waals surface area contributed by atoms with E-state index in [0.717, 1.165) is 18.5 Å². The van der Waals surface area contributed by atoms with Gasteiger partial charge in [-0.3, -0.25) is 0 Å². The summed E-state index contributed by atoms with van der Waals surface area (Å²) >= 11 is 0. The van der Waals surface area contributed by atoms with Gasteiger partial charge in [0.15, 0.2) is 9.84 Å². The Morgan fingerprint density at radius 3 is 2.42 bits per heavy atom. The number of rotatable bonds is 7. The van der Waals surface area contributed by atoms with Crippen LogP contribution in [0.5, 0.6) is 0 Å². The highest BCUT2D eigenvalue weighted by atomic mass is 32.2. The van der Waals surface area contributed by atoms with E-state index >= 15 is 0 Å². The van der Waals surface area contributed by atoms with E-state index < -0.39 is 9.84 Å². The second-order valence-electron chi connectivity index (χ2n) is 5.30. The summed E-state index contributed by atoms with van der Waals surface area (Å²) in [5.74, 6) is 0.676. The maximum Gasteiger partial charge on any atom is 0.175 e. The molecule has 1 aromatic carbocycles. The maximum absolute atomic E-state index is 11.5. The van der Waals surface area contributed by atoms with E-state index in [1.807, 2.05) is 6.07 Å². The predicted octanol–water partition coefficient (Wildman–Crippen LogP) is 3.72. The van der Waals surface area contributed by atoms with Gasteiger partial charge in [-0.15, -0.1) is 0 Å². The van der Waals surface area contributed by atoms with Crippen molar-refractivity contribution in [2.45, 2.75) is 51.0 Å². The fourth-order valence-corrected chi connectivity index (χ4v) is 2.70. The zero-order chi connectivity index (χ0) is 14.5. The molecule has 1 aromatic rings. The molecule has 0 radical (unpaired) electrons. The summed E-state index contributed by atoms with van der Waals surface area (Å²) in [5, 5.41) is 3.44. The van der Waals surface area contributed by atoms with Crippen LogP contribution in [-0.4, -0.2) is 20.7 Å². The molecule has 0 saturated carbocycles. The molecular formula is C15H25NO2S. The first-order chi connectivity index (χ1) is 8.86. The van der Waals surface area contributed by atoms with E-state index in [1.54, 1.807) is 18.2 Å². The molecule has 0 bridgehead atoms. The summed E-state index contributed by atoms with van der Waals surface area (Å²) in [6, 6.07) is 7.46. The molecule has 0 aliphatic rings. The molecular weight excluding hydrogens is 258 g/mol. The van der Waals surface area contributed by atoms with Gasteiger partial charge in [0.2, 0.25) is 0 Å². The first-order valence-corrected chi connectivity index (χ1v) is 8.82. The van der Waals surface area contributed by atoms with Gasteiger partial charge in [0.25, 0.3) is 0 Å². The van der Waals surface area contributed by atoms with E-state index in [9.17, 15) is 8.42 Å². The predicted molar refractivity (Wildman–Crippen MR) is 81.3 cm³/mol. The maximum atomic E-state index is 11.5. The number of anilines is 1. The smallest absolute Gasteiger partial charge is 0.175 e. The minimum absolute atomic E-state index is 0.371. The van der Waals surface area contributed by atoms with Crippen LogP contribution in [0.3, 0.4) is 0 Å². The third-order valence-corrected chi connectivity index (χ3v) is 4.62. The Hall–Kier alpha value is -1.03. The molecule has 0 amide bonds. The van der Waals surface area contributed by atoms with Gasteiger partial charge >= 0.3 is 0 Å². The van der Waals surface area contributed by atoms with Crippen molar-refractivity contribution in [3.63, 3.8) is 0 Å². The van der Waals surface area contributed by atoms with Crippen molar-refractivity contribution < 1.29 is 8.42 Å². The Morgan fingerprint density at radius 1 is 1.21 bits per heavy atom. The molecule has 0 saturated heterocycles. The lowest BCUT2D eigenvalue weighted by Crippen LogP contribution is -2.21. The number of hydrogen-bond donors (Lipinski definition) is 1. The zero-order valence-corrected chi connectivity index (χ0v) is 13.1. The Labute approximate surface area is 117 Å². The molecule has 0 aromatic heterocycles. The highest BCUT2D eigenvalue weighted by molar-refractivity contribution is 7.90. The number of hydrogen-bond acceptors (Lipinski definition) is 3. The van der Waals surface area contributed by atoms with Crippen LogP contribution in [-0.2, 0) is 9.84 Å². The fraction of sp³-hybridized carbons (Fsp3) is 0.600. The summed E-state index contributed by atoms with van der Waals surface area (Å²) in [6.07, 6.45) is 4.55. The van der Waals surface area contributed by atoms with Crippen molar-refractivity contribution >= 4 is 15.5 Å². The zero-order valence-electron chi connectivity index (χ0n) is 12.3. The van der Waals surface area contributed by atoms with Crippen molar-refractivity contribution in [2.24, 2.45) is 5.92 Å². The van der Waals surface area contributed by atoms with E-state index in [-0.39, 0.29) is 0 Å². The quantitative estimate of drug-likeness (QED) is 0.829. The molecule has 0 fully saturated rings. The van der Waals surface area contributed by atoms with Crippen molar-refractivity contribution in [3.8, 4) is 0 Å². The molecule has 3 nitrogen and oxygen atoms in total. The average molecular weight is 283 g/mol. The monoisotopic (exact) mass is 283 g/mol. The lowest BCUT2D eigenvalue weighted by atomic mass is 9.97. The normalized spacial score (nSPS) is 14.9. The second-order valence-corrected chi connectivity index (χ2v) is 7.31. The third-order valence-electron chi connectivity index (χ3n) is 3.51. The van der Waals surface area contributed by atoms with E-state index in [0.29, 0.717) is 16.9 Å². The highest BCUT2D eigenvalue weighted by Crippen LogP contribution is 2.20. The van der Waals surface area contributed by atoms with E-state index in [2.05, 4.69) is 26.1 Å². The summed E-state index contributed by atoms with van der Waals surface area (Å²) in [6.45, 7) is 6.60.